The minimum Gasteiger partial charge on any atom is -0.393 e. The van der Waals surface area contributed by atoms with Crippen LogP contribution in [0.4, 0.5) is 24.5 Å². The van der Waals surface area contributed by atoms with Gasteiger partial charge in [-0.1, -0.05) is 0 Å². The highest BCUT2D eigenvalue weighted by molar-refractivity contribution is 7.89. The van der Waals surface area contributed by atoms with Crippen molar-refractivity contribution in [3.05, 3.63) is 53.3 Å². The third-order valence-electron chi connectivity index (χ3n) is 5.57. The molecule has 0 aromatic heterocycles. The van der Waals surface area contributed by atoms with Gasteiger partial charge in [0.05, 0.1) is 18.5 Å². The Labute approximate surface area is 176 Å². The number of aliphatic hydroxyl groups is 1. The van der Waals surface area contributed by atoms with Crippen LogP contribution in [0.15, 0.2) is 35.2 Å². The summed E-state index contributed by atoms with van der Waals surface area (Å²) in [5.74, 6) is -5.37. The van der Waals surface area contributed by atoms with Crippen molar-refractivity contribution in [2.75, 3.05) is 17.3 Å². The van der Waals surface area contributed by atoms with Gasteiger partial charge in [0.2, 0.25) is 10.0 Å². The van der Waals surface area contributed by atoms with E-state index in [0.29, 0.717) is 43.5 Å². The molecule has 0 atom stereocenters. The number of anilines is 2. The average Bonchev–Trinajstić information content (AvgIpc) is 2.72. The fourth-order valence-corrected chi connectivity index (χ4v) is 5.68. The number of halogens is 3. The minimum absolute atomic E-state index is 0.0461. The van der Waals surface area contributed by atoms with E-state index in [1.807, 2.05) is 0 Å². The Hall–Kier alpha value is -2.63. The molecular formula is C20H20F3N3O4S. The van der Waals surface area contributed by atoms with Gasteiger partial charge in [-0.05, 0) is 43.9 Å². The fraction of sp³-hybridized carbons (Fsp3) is 0.350. The van der Waals surface area contributed by atoms with Crippen molar-refractivity contribution in [1.82, 2.24) is 4.31 Å². The largest absolute Gasteiger partial charge is 0.393 e. The first kappa shape index (κ1) is 21.6. The highest BCUT2D eigenvalue weighted by Gasteiger charge is 2.38. The molecule has 166 valence electrons. The normalized spacial score (nSPS) is 23.0. The standard InChI is InChI=1S/C20H20F3N3O4S/c21-15-8-12(9-16(22)19(15)23)25-20(28)11-1-6-17-18(7-11)31(29,30)26(10-24-17)13-2-4-14(27)5-3-13/h1,6-9,13-14,24,27H,2-5,10H2,(H,25,28)/t13-,14+. The topological polar surface area (TPSA) is 98.7 Å². The number of rotatable bonds is 3. The molecule has 1 fully saturated rings. The number of aliphatic hydroxyl groups excluding tert-OH is 1. The van der Waals surface area contributed by atoms with Gasteiger partial charge in [-0.15, -0.1) is 0 Å². The van der Waals surface area contributed by atoms with Gasteiger partial charge in [0.25, 0.3) is 5.91 Å². The number of carbonyl (C=O) groups is 1. The summed E-state index contributed by atoms with van der Waals surface area (Å²) >= 11 is 0. The zero-order valence-electron chi connectivity index (χ0n) is 16.2. The van der Waals surface area contributed by atoms with Crippen LogP contribution in [0.3, 0.4) is 0 Å². The molecule has 2 aromatic carbocycles. The van der Waals surface area contributed by atoms with Crippen molar-refractivity contribution in [3.8, 4) is 0 Å². The number of benzene rings is 2. The maximum absolute atomic E-state index is 13.4. The van der Waals surface area contributed by atoms with Gasteiger partial charge in [-0.2, -0.15) is 4.31 Å². The van der Waals surface area contributed by atoms with Gasteiger partial charge in [0.1, 0.15) is 4.90 Å². The smallest absolute Gasteiger partial charge is 0.255 e. The van der Waals surface area contributed by atoms with Gasteiger partial charge in [0, 0.05) is 29.4 Å². The van der Waals surface area contributed by atoms with Crippen molar-refractivity contribution in [2.24, 2.45) is 0 Å². The molecule has 0 radical (unpaired) electrons. The molecule has 31 heavy (non-hydrogen) atoms. The summed E-state index contributed by atoms with van der Waals surface area (Å²) in [5.41, 5.74) is -0.0137. The molecule has 2 aliphatic rings. The Kier molecular flexibility index (Phi) is 5.67. The predicted octanol–water partition coefficient (Wildman–Crippen LogP) is 3.03. The molecule has 0 saturated heterocycles. The summed E-state index contributed by atoms with van der Waals surface area (Å²) < 4.78 is 67.6. The zero-order chi connectivity index (χ0) is 22.3. The summed E-state index contributed by atoms with van der Waals surface area (Å²) in [6.45, 7) is 0.0791. The van der Waals surface area contributed by atoms with Gasteiger partial charge >= 0.3 is 0 Å². The van der Waals surface area contributed by atoms with E-state index in [9.17, 15) is 31.5 Å². The molecule has 1 heterocycles. The second kappa shape index (κ2) is 8.13. The molecule has 7 nitrogen and oxygen atoms in total. The lowest BCUT2D eigenvalue weighted by atomic mass is 9.93. The third-order valence-corrected chi connectivity index (χ3v) is 7.51. The molecule has 4 rings (SSSR count). The Morgan fingerprint density at radius 2 is 1.71 bits per heavy atom. The molecule has 2 aromatic rings. The number of hydrogen-bond donors (Lipinski definition) is 3. The first-order chi connectivity index (χ1) is 14.7. The monoisotopic (exact) mass is 455 g/mol. The summed E-state index contributed by atoms with van der Waals surface area (Å²) in [6, 6.07) is 5.00. The molecule has 1 saturated carbocycles. The molecular weight excluding hydrogens is 435 g/mol. The Balaban J connectivity index is 1.59. The number of hydrogen-bond acceptors (Lipinski definition) is 5. The van der Waals surface area contributed by atoms with E-state index in [1.54, 1.807) is 0 Å². The third kappa shape index (κ3) is 4.12. The molecule has 1 aliphatic heterocycles. The van der Waals surface area contributed by atoms with Crippen LogP contribution in [-0.2, 0) is 10.0 Å². The summed E-state index contributed by atoms with van der Waals surface area (Å²) in [4.78, 5) is 12.4. The van der Waals surface area contributed by atoms with Crippen molar-refractivity contribution >= 4 is 27.3 Å². The number of carbonyl (C=O) groups excluding carboxylic acids is 1. The van der Waals surface area contributed by atoms with Crippen LogP contribution in [0, 0.1) is 17.5 Å². The number of sulfonamides is 1. The summed E-state index contributed by atoms with van der Waals surface area (Å²) in [7, 11) is -3.91. The van der Waals surface area contributed by atoms with E-state index in [-0.39, 0.29) is 28.9 Å². The van der Waals surface area contributed by atoms with Gasteiger partial charge in [-0.25, -0.2) is 21.6 Å². The summed E-state index contributed by atoms with van der Waals surface area (Å²) in [6.07, 6.45) is 1.65. The fourth-order valence-electron chi connectivity index (χ4n) is 3.90. The maximum Gasteiger partial charge on any atom is 0.255 e. The Bertz CT molecular complexity index is 1110. The molecule has 1 amide bonds. The van der Waals surface area contributed by atoms with E-state index in [0.717, 1.165) is 0 Å². The quantitative estimate of drug-likeness (QED) is 0.618. The molecule has 1 aliphatic carbocycles. The predicted molar refractivity (Wildman–Crippen MR) is 106 cm³/mol. The van der Waals surface area contributed by atoms with Crippen LogP contribution in [0.1, 0.15) is 36.0 Å². The van der Waals surface area contributed by atoms with Crippen molar-refractivity contribution in [2.45, 2.75) is 42.7 Å². The number of nitrogens with zero attached hydrogens (tertiary/aromatic N) is 1. The molecule has 0 unspecified atom stereocenters. The Morgan fingerprint density at radius 3 is 2.35 bits per heavy atom. The summed E-state index contributed by atoms with van der Waals surface area (Å²) in [5, 5.41) is 14.9. The van der Waals surface area contributed by atoms with Gasteiger partial charge < -0.3 is 15.7 Å². The zero-order valence-corrected chi connectivity index (χ0v) is 17.1. The van der Waals surface area contributed by atoms with Gasteiger partial charge in [-0.3, -0.25) is 4.79 Å². The van der Waals surface area contributed by atoms with E-state index < -0.39 is 39.5 Å². The number of fused-ring (bicyclic) bond motifs is 1. The lowest BCUT2D eigenvalue weighted by Crippen LogP contribution is -2.48. The van der Waals surface area contributed by atoms with Crippen molar-refractivity contribution < 1.29 is 31.5 Å². The van der Waals surface area contributed by atoms with Crippen LogP contribution in [-0.4, -0.2) is 42.6 Å². The van der Waals surface area contributed by atoms with E-state index >= 15 is 0 Å². The van der Waals surface area contributed by atoms with E-state index in [4.69, 9.17) is 0 Å². The first-order valence-corrected chi connectivity index (χ1v) is 11.1. The SMILES string of the molecule is O=C(Nc1cc(F)c(F)c(F)c1)c1ccc2c(c1)S(=O)(=O)N([C@H]1CC[C@@H](O)CC1)CN2. The molecule has 0 spiro atoms. The molecule has 3 N–H and O–H groups in total. The highest BCUT2D eigenvalue weighted by atomic mass is 32.2. The van der Waals surface area contributed by atoms with Gasteiger partial charge in [0.15, 0.2) is 17.5 Å². The second-order valence-electron chi connectivity index (χ2n) is 7.61. The Morgan fingerprint density at radius 1 is 1.06 bits per heavy atom. The van der Waals surface area contributed by atoms with Crippen LogP contribution in [0.2, 0.25) is 0 Å². The molecule has 11 heteroatoms. The van der Waals surface area contributed by atoms with E-state index in [2.05, 4.69) is 10.6 Å². The van der Waals surface area contributed by atoms with Crippen LogP contribution in [0.5, 0.6) is 0 Å². The highest BCUT2D eigenvalue weighted by Crippen LogP contribution is 2.35. The maximum atomic E-state index is 13.4. The van der Waals surface area contributed by atoms with Crippen LogP contribution in [0.25, 0.3) is 0 Å². The average molecular weight is 455 g/mol. The lowest BCUT2D eigenvalue weighted by molar-refractivity contribution is 0.100. The van der Waals surface area contributed by atoms with Crippen molar-refractivity contribution in [1.29, 1.82) is 0 Å². The van der Waals surface area contributed by atoms with Crippen LogP contribution < -0.4 is 10.6 Å². The lowest BCUT2D eigenvalue weighted by Gasteiger charge is -2.38. The molecule has 0 bridgehead atoms. The van der Waals surface area contributed by atoms with Crippen LogP contribution >= 0.6 is 0 Å². The van der Waals surface area contributed by atoms with Crippen molar-refractivity contribution in [3.63, 3.8) is 0 Å². The first-order valence-electron chi connectivity index (χ1n) is 9.70. The number of amides is 1. The van der Waals surface area contributed by atoms with E-state index in [1.165, 1.54) is 22.5 Å². The second-order valence-corrected chi connectivity index (χ2v) is 9.47. The number of nitrogens with one attached hydrogen (secondary N) is 2. The minimum atomic E-state index is -3.91.